The maximum Gasteiger partial charge on any atom is 3.00 e. The zero-order valence-electron chi connectivity index (χ0n) is 14.6. The van der Waals surface area contributed by atoms with Gasteiger partial charge in [0.1, 0.15) is 36.6 Å². The van der Waals surface area contributed by atoms with E-state index in [4.69, 9.17) is 30.6 Å². The summed E-state index contributed by atoms with van der Waals surface area (Å²) in [5, 5.41) is 107. The molecule has 0 aromatic heterocycles. The molecule has 0 aliphatic heterocycles. The number of hydrogen-bond acceptors (Lipinski definition) is 18. The minimum atomic E-state index is -2.44. The molecule has 18 nitrogen and oxygen atoms in total. The average Bonchev–Trinajstić information content (AvgIpc) is 2.64. The molecule has 190 valence electrons. The molecule has 0 fully saturated rings. The summed E-state index contributed by atoms with van der Waals surface area (Å²) in [6.45, 7) is 0. The smallest absolute Gasteiger partial charge is 0.547 e. The predicted molar refractivity (Wildman–Crippen MR) is 66.1 cm³/mol. The van der Waals surface area contributed by atoms with Crippen LogP contribution >= 0.6 is 0 Å². The minimum Gasteiger partial charge on any atom is -0.547 e. The third-order valence-corrected chi connectivity index (χ3v) is 2.35. The Bertz CT molecular complexity index is 498. The van der Waals surface area contributed by atoms with Crippen LogP contribution in [-0.4, -0.2) is 103 Å². The standard InChI is InChI=1S/3C4H6O6.2Au/c3*5-1(3(7)8)2(6)4(9)10;;/h3*1-2,5-6H,(H,7,8)(H,9,10);;/q;;;2*+3/p-6. The summed E-state index contributed by atoms with van der Waals surface area (Å²) < 4.78 is 0. The van der Waals surface area contributed by atoms with E-state index >= 15 is 0 Å². The topological polar surface area (TPSA) is 362 Å². The van der Waals surface area contributed by atoms with E-state index in [0.29, 0.717) is 0 Å². The minimum absolute atomic E-state index is 0. The van der Waals surface area contributed by atoms with E-state index in [1.165, 1.54) is 0 Å². The van der Waals surface area contributed by atoms with Gasteiger partial charge in [0.05, 0.1) is 35.8 Å². The molecule has 20 heteroatoms. The van der Waals surface area contributed by atoms with Gasteiger partial charge >= 0.3 is 44.8 Å². The van der Waals surface area contributed by atoms with E-state index in [1.54, 1.807) is 0 Å². The van der Waals surface area contributed by atoms with Crippen LogP contribution in [0.3, 0.4) is 0 Å². The van der Waals surface area contributed by atoms with Crippen molar-refractivity contribution in [1.29, 1.82) is 0 Å². The molecule has 0 aliphatic rings. The maximum absolute atomic E-state index is 9.63. The van der Waals surface area contributed by atoms with Gasteiger partial charge in [-0.05, 0) is 0 Å². The van der Waals surface area contributed by atoms with Crippen molar-refractivity contribution in [3.8, 4) is 0 Å². The largest absolute Gasteiger partial charge is 3.00 e. The number of aliphatic hydroxyl groups is 6. The third kappa shape index (κ3) is 17.7. The molecule has 0 radical (unpaired) electrons. The van der Waals surface area contributed by atoms with Crippen LogP contribution in [0.15, 0.2) is 0 Å². The number of carboxylic acid groups (broad SMARTS) is 6. The van der Waals surface area contributed by atoms with Gasteiger partial charge in [-0.1, -0.05) is 0 Å². The number of carbonyl (C=O) groups is 6. The number of carbonyl (C=O) groups excluding carboxylic acids is 6. The van der Waals surface area contributed by atoms with Crippen LogP contribution in [-0.2, 0) is 73.5 Å². The number of hydrogen-bond donors (Lipinski definition) is 6. The molecule has 0 saturated carbocycles. The van der Waals surface area contributed by atoms with Gasteiger partial charge < -0.3 is 90.0 Å². The van der Waals surface area contributed by atoms with Gasteiger partial charge in [-0.3, -0.25) is 0 Å². The van der Waals surface area contributed by atoms with Crippen molar-refractivity contribution in [3.05, 3.63) is 0 Å². The molecule has 6 unspecified atom stereocenters. The monoisotopic (exact) mass is 838 g/mol. The number of carboxylic acids is 6. The summed E-state index contributed by atoms with van der Waals surface area (Å²) in [4.78, 5) is 57.8. The summed E-state index contributed by atoms with van der Waals surface area (Å²) in [6.07, 6.45) is -14.6. The van der Waals surface area contributed by atoms with Gasteiger partial charge in [0.25, 0.3) is 0 Å². The number of aliphatic carboxylic acids is 6. The van der Waals surface area contributed by atoms with E-state index < -0.39 is 72.4 Å². The molecule has 6 atom stereocenters. The molecule has 0 rings (SSSR count). The molecule has 0 aromatic carbocycles. The fourth-order valence-corrected chi connectivity index (χ4v) is 0.773. The first kappa shape index (κ1) is 40.4. The predicted octanol–water partition coefficient (Wildman–Crippen LogP) is -14.4. The Balaban J connectivity index is -0.000000110. The van der Waals surface area contributed by atoms with Crippen molar-refractivity contribution < 1.29 is 135 Å². The normalized spacial score (nSPS) is 14.8. The molecule has 0 saturated heterocycles. The summed E-state index contributed by atoms with van der Waals surface area (Å²) in [5.74, 6) is -12.4. The second kappa shape index (κ2) is 19.7. The molecular weight excluding hydrogens is 826 g/mol. The van der Waals surface area contributed by atoms with E-state index in [0.717, 1.165) is 0 Å². The van der Waals surface area contributed by atoms with E-state index in [9.17, 15) is 59.4 Å². The van der Waals surface area contributed by atoms with Crippen LogP contribution < -0.4 is 30.6 Å². The van der Waals surface area contributed by atoms with Crippen molar-refractivity contribution in [1.82, 2.24) is 0 Å². The van der Waals surface area contributed by atoms with Crippen molar-refractivity contribution in [2.45, 2.75) is 36.6 Å². The van der Waals surface area contributed by atoms with Gasteiger partial charge in [0, 0.05) is 0 Å². The second-order valence-corrected chi connectivity index (χ2v) is 4.58. The Hall–Kier alpha value is -1.94. The first-order chi connectivity index (χ1) is 13.4. The van der Waals surface area contributed by atoms with Crippen molar-refractivity contribution in [3.63, 3.8) is 0 Å². The van der Waals surface area contributed by atoms with E-state index in [2.05, 4.69) is 0 Å². The number of aliphatic hydroxyl groups excluding tert-OH is 6. The van der Waals surface area contributed by atoms with Gasteiger partial charge in [-0.15, -0.1) is 0 Å². The fraction of sp³-hybridized carbons (Fsp3) is 0.500. The molecule has 0 bridgehead atoms. The van der Waals surface area contributed by atoms with E-state index in [1.807, 2.05) is 0 Å². The van der Waals surface area contributed by atoms with Crippen LogP contribution in [0.1, 0.15) is 0 Å². The van der Waals surface area contributed by atoms with Gasteiger partial charge in [-0.2, -0.15) is 0 Å². The Labute approximate surface area is 207 Å². The molecule has 0 spiro atoms. The molecule has 6 N–H and O–H groups in total. The van der Waals surface area contributed by atoms with Crippen molar-refractivity contribution >= 4 is 35.8 Å². The Morgan fingerprint density at radius 1 is 0.344 bits per heavy atom. The van der Waals surface area contributed by atoms with Crippen LogP contribution in [0.25, 0.3) is 0 Å². The van der Waals surface area contributed by atoms with Crippen LogP contribution in [0, 0.1) is 0 Å². The molecule has 0 amide bonds. The van der Waals surface area contributed by atoms with E-state index in [-0.39, 0.29) is 44.8 Å². The Morgan fingerprint density at radius 3 is 0.438 bits per heavy atom. The SMILES string of the molecule is O=C([O-])C(O)C(O)C(=O)[O-].O=C([O-])C(O)C(O)C(=O)[O-].O=C([O-])C(O)C(O)C(=O)[O-].[Au+3].[Au+3]. The maximum atomic E-state index is 9.63. The molecule has 0 aliphatic carbocycles. The zero-order chi connectivity index (χ0) is 24.9. The average molecular weight is 838 g/mol. The van der Waals surface area contributed by atoms with Gasteiger partial charge in [0.15, 0.2) is 0 Å². The van der Waals surface area contributed by atoms with Crippen LogP contribution in [0.5, 0.6) is 0 Å². The van der Waals surface area contributed by atoms with Crippen LogP contribution in [0.4, 0.5) is 0 Å². The molecule has 0 aromatic rings. The summed E-state index contributed by atoms with van der Waals surface area (Å²) in [6, 6.07) is 0. The van der Waals surface area contributed by atoms with Crippen molar-refractivity contribution in [2.75, 3.05) is 0 Å². The fourth-order valence-electron chi connectivity index (χ4n) is 0.773. The Morgan fingerprint density at radius 2 is 0.406 bits per heavy atom. The molecule has 0 heterocycles. The Kier molecular flexibility index (Phi) is 24.9. The second-order valence-electron chi connectivity index (χ2n) is 4.58. The first-order valence-electron chi connectivity index (χ1n) is 6.73. The van der Waals surface area contributed by atoms with Crippen molar-refractivity contribution in [2.24, 2.45) is 0 Å². The first-order valence-corrected chi connectivity index (χ1v) is 6.73. The summed E-state index contributed by atoms with van der Waals surface area (Å²) in [7, 11) is 0. The quantitative estimate of drug-likeness (QED) is 0.117. The molecular formula is C12H12Au2O18. The summed E-state index contributed by atoms with van der Waals surface area (Å²) >= 11 is 0. The van der Waals surface area contributed by atoms with Crippen LogP contribution in [0.2, 0.25) is 0 Å². The summed E-state index contributed by atoms with van der Waals surface area (Å²) in [5.41, 5.74) is 0. The third-order valence-electron chi connectivity index (χ3n) is 2.35. The zero-order valence-corrected chi connectivity index (χ0v) is 19.0. The van der Waals surface area contributed by atoms with Gasteiger partial charge in [-0.25, -0.2) is 0 Å². The number of rotatable bonds is 9. The molecule has 32 heavy (non-hydrogen) atoms. The van der Waals surface area contributed by atoms with Gasteiger partial charge in [0.2, 0.25) is 0 Å².